The number of thioether (sulfide) groups is 1. The van der Waals surface area contributed by atoms with Crippen LogP contribution in [0, 0.1) is 6.92 Å². The van der Waals surface area contributed by atoms with E-state index >= 15 is 0 Å². The van der Waals surface area contributed by atoms with Gasteiger partial charge in [-0.25, -0.2) is 9.50 Å². The number of benzene rings is 1. The van der Waals surface area contributed by atoms with Crippen LogP contribution in [0.1, 0.15) is 18.5 Å². The highest BCUT2D eigenvalue weighted by Crippen LogP contribution is 2.34. The monoisotopic (exact) mass is 455 g/mol. The van der Waals surface area contributed by atoms with Gasteiger partial charge in [0.2, 0.25) is 5.91 Å². The van der Waals surface area contributed by atoms with Gasteiger partial charge in [0.05, 0.1) is 26.2 Å². The van der Waals surface area contributed by atoms with Crippen molar-refractivity contribution in [2.45, 2.75) is 24.8 Å². The van der Waals surface area contributed by atoms with Crippen molar-refractivity contribution < 1.29 is 14.3 Å². The Morgan fingerprint density at radius 3 is 2.69 bits per heavy atom. The Labute approximate surface area is 192 Å². The lowest BCUT2D eigenvalue weighted by Gasteiger charge is -2.14. The van der Waals surface area contributed by atoms with Crippen LogP contribution in [0.3, 0.4) is 0 Å². The van der Waals surface area contributed by atoms with Crippen molar-refractivity contribution in [3.63, 3.8) is 0 Å². The van der Waals surface area contributed by atoms with Gasteiger partial charge in [0.15, 0.2) is 17.1 Å². The van der Waals surface area contributed by atoms with Crippen molar-refractivity contribution in [3.8, 4) is 22.6 Å². The molecule has 9 heteroatoms. The van der Waals surface area contributed by atoms with Gasteiger partial charge in [-0.2, -0.15) is 5.10 Å². The summed E-state index contributed by atoms with van der Waals surface area (Å²) in [6, 6.07) is 7.71. The molecule has 0 bridgehead atoms. The molecule has 32 heavy (non-hydrogen) atoms. The van der Waals surface area contributed by atoms with E-state index in [1.54, 1.807) is 24.9 Å². The fraction of sp³-hybridized carbons (Fsp3) is 0.435. The van der Waals surface area contributed by atoms with Crippen LogP contribution in [0.4, 0.5) is 0 Å². The van der Waals surface area contributed by atoms with Crippen LogP contribution in [-0.4, -0.2) is 71.6 Å². The number of methoxy groups -OCH3 is 2. The second kappa shape index (κ2) is 10.2. The summed E-state index contributed by atoms with van der Waals surface area (Å²) in [6.07, 6.45) is 4.32. The molecule has 3 heterocycles. The van der Waals surface area contributed by atoms with Gasteiger partial charge in [-0.15, -0.1) is 0 Å². The quantitative estimate of drug-likeness (QED) is 0.392. The maximum atomic E-state index is 12.3. The van der Waals surface area contributed by atoms with E-state index < -0.39 is 0 Å². The van der Waals surface area contributed by atoms with E-state index in [9.17, 15) is 4.79 Å². The predicted molar refractivity (Wildman–Crippen MR) is 126 cm³/mol. The standard InChI is InChI=1S/C23H29N5O3S/c1-16-12-22(32-15-21(29)24-8-11-27-9-4-5-10-27)28-23(26-16)18(14-25-28)17-6-7-19(30-2)20(13-17)31-3/h6-7,12-14H,4-5,8-11,15H2,1-3H3,(H,24,29). The van der Waals surface area contributed by atoms with Gasteiger partial charge in [0, 0.05) is 24.3 Å². The smallest absolute Gasteiger partial charge is 0.230 e. The number of amides is 1. The number of carbonyl (C=O) groups excluding carboxylic acids is 1. The molecule has 1 aliphatic rings. The summed E-state index contributed by atoms with van der Waals surface area (Å²) < 4.78 is 12.6. The molecule has 0 spiro atoms. The molecule has 1 amide bonds. The lowest BCUT2D eigenvalue weighted by molar-refractivity contribution is -0.118. The average molecular weight is 456 g/mol. The molecule has 1 N–H and O–H groups in total. The first kappa shape index (κ1) is 22.4. The first-order valence-electron chi connectivity index (χ1n) is 10.8. The number of nitrogens with zero attached hydrogens (tertiary/aromatic N) is 4. The summed E-state index contributed by atoms with van der Waals surface area (Å²) in [5, 5.41) is 8.46. The summed E-state index contributed by atoms with van der Waals surface area (Å²) in [6.45, 7) is 5.84. The summed E-state index contributed by atoms with van der Waals surface area (Å²) in [4.78, 5) is 19.4. The molecule has 0 radical (unpaired) electrons. The van der Waals surface area contributed by atoms with Crippen LogP contribution in [-0.2, 0) is 4.79 Å². The third kappa shape index (κ3) is 4.99. The number of hydrogen-bond donors (Lipinski definition) is 1. The Hall–Kier alpha value is -2.78. The maximum Gasteiger partial charge on any atom is 0.230 e. The van der Waals surface area contributed by atoms with E-state index in [1.165, 1.54) is 24.6 Å². The molecule has 1 aromatic carbocycles. The number of carbonyl (C=O) groups is 1. The molecule has 1 saturated heterocycles. The fourth-order valence-corrected chi connectivity index (χ4v) is 4.80. The lowest BCUT2D eigenvalue weighted by Crippen LogP contribution is -2.34. The van der Waals surface area contributed by atoms with Crippen LogP contribution in [0.5, 0.6) is 11.5 Å². The van der Waals surface area contributed by atoms with Crippen molar-refractivity contribution in [1.82, 2.24) is 24.8 Å². The van der Waals surface area contributed by atoms with Crippen molar-refractivity contribution in [1.29, 1.82) is 0 Å². The largest absolute Gasteiger partial charge is 0.493 e. The molecule has 0 aliphatic carbocycles. The van der Waals surface area contributed by atoms with Gasteiger partial charge in [-0.1, -0.05) is 17.8 Å². The van der Waals surface area contributed by atoms with Crippen LogP contribution in [0.15, 0.2) is 35.5 Å². The second-order valence-electron chi connectivity index (χ2n) is 7.79. The topological polar surface area (TPSA) is 81.0 Å². The summed E-state index contributed by atoms with van der Waals surface area (Å²) in [5.74, 6) is 1.69. The Morgan fingerprint density at radius 1 is 1.16 bits per heavy atom. The molecule has 0 atom stereocenters. The molecular formula is C23H29N5O3S. The fourth-order valence-electron chi connectivity index (χ4n) is 3.91. The molecule has 4 rings (SSSR count). The zero-order valence-corrected chi connectivity index (χ0v) is 19.6. The second-order valence-corrected chi connectivity index (χ2v) is 8.78. The van der Waals surface area contributed by atoms with E-state index in [-0.39, 0.29) is 5.91 Å². The van der Waals surface area contributed by atoms with Gasteiger partial charge in [-0.05, 0) is 56.6 Å². The predicted octanol–water partition coefficient (Wildman–Crippen LogP) is 3.03. The van der Waals surface area contributed by atoms with Crippen molar-refractivity contribution in [3.05, 3.63) is 36.2 Å². The zero-order valence-electron chi connectivity index (χ0n) is 18.8. The van der Waals surface area contributed by atoms with Crippen LogP contribution in [0.25, 0.3) is 16.8 Å². The summed E-state index contributed by atoms with van der Waals surface area (Å²) in [7, 11) is 3.23. The first-order chi connectivity index (χ1) is 15.6. The third-order valence-corrected chi connectivity index (χ3v) is 6.55. The number of hydrogen-bond acceptors (Lipinski definition) is 7. The van der Waals surface area contributed by atoms with Gasteiger partial charge >= 0.3 is 0 Å². The Bertz CT molecular complexity index is 1090. The number of nitrogens with one attached hydrogen (secondary N) is 1. The van der Waals surface area contributed by atoms with E-state index in [4.69, 9.17) is 14.5 Å². The minimum absolute atomic E-state index is 0.0316. The van der Waals surface area contributed by atoms with Gasteiger partial charge < -0.3 is 19.7 Å². The lowest BCUT2D eigenvalue weighted by atomic mass is 10.1. The molecule has 0 unspecified atom stereocenters. The number of rotatable bonds is 9. The van der Waals surface area contributed by atoms with Crippen molar-refractivity contribution in [2.75, 3.05) is 46.2 Å². The highest BCUT2D eigenvalue weighted by atomic mass is 32.2. The summed E-state index contributed by atoms with van der Waals surface area (Å²) >= 11 is 1.47. The first-order valence-corrected chi connectivity index (χ1v) is 11.8. The van der Waals surface area contributed by atoms with E-state index in [0.29, 0.717) is 23.8 Å². The summed E-state index contributed by atoms with van der Waals surface area (Å²) in [5.41, 5.74) is 3.45. The zero-order chi connectivity index (χ0) is 22.5. The third-order valence-electron chi connectivity index (χ3n) is 5.56. The van der Waals surface area contributed by atoms with Crippen LogP contribution >= 0.6 is 11.8 Å². The number of likely N-dealkylation sites (tertiary alicyclic amines) is 1. The molecule has 1 aliphatic heterocycles. The van der Waals surface area contributed by atoms with Crippen molar-refractivity contribution in [2.24, 2.45) is 0 Å². The van der Waals surface area contributed by atoms with Gasteiger partial charge in [-0.3, -0.25) is 4.79 Å². The van der Waals surface area contributed by atoms with E-state index in [2.05, 4.69) is 15.3 Å². The number of aryl methyl sites for hydroxylation is 1. The molecule has 1 fully saturated rings. The Balaban J connectivity index is 1.48. The number of aromatic nitrogens is 3. The van der Waals surface area contributed by atoms with Gasteiger partial charge in [0.25, 0.3) is 0 Å². The molecular weight excluding hydrogens is 426 g/mol. The molecule has 8 nitrogen and oxygen atoms in total. The SMILES string of the molecule is COc1ccc(-c2cnn3c(SCC(=O)NCCN4CCCC4)cc(C)nc23)cc1OC. The van der Waals surface area contributed by atoms with Crippen LogP contribution < -0.4 is 14.8 Å². The number of fused-ring (bicyclic) bond motifs is 1. The van der Waals surface area contributed by atoms with Gasteiger partial charge in [0.1, 0.15) is 5.03 Å². The average Bonchev–Trinajstić information content (AvgIpc) is 3.47. The minimum atomic E-state index is 0.0316. The Morgan fingerprint density at radius 2 is 1.94 bits per heavy atom. The Kier molecular flexibility index (Phi) is 7.16. The van der Waals surface area contributed by atoms with E-state index in [0.717, 1.165) is 47.1 Å². The molecule has 3 aromatic rings. The number of ether oxygens (including phenoxy) is 2. The van der Waals surface area contributed by atoms with Crippen molar-refractivity contribution >= 4 is 23.3 Å². The highest BCUT2D eigenvalue weighted by Gasteiger charge is 2.16. The van der Waals surface area contributed by atoms with Crippen LogP contribution in [0.2, 0.25) is 0 Å². The highest BCUT2D eigenvalue weighted by molar-refractivity contribution is 7.99. The minimum Gasteiger partial charge on any atom is -0.493 e. The molecule has 0 saturated carbocycles. The normalized spacial score (nSPS) is 14.1. The molecule has 2 aromatic heterocycles. The van der Waals surface area contributed by atoms with E-state index in [1.807, 2.05) is 31.2 Å². The molecule has 170 valence electrons. The maximum absolute atomic E-state index is 12.3.